The van der Waals surface area contributed by atoms with Gasteiger partial charge in [0.1, 0.15) is 42.4 Å². The molecule has 0 amide bonds. The van der Waals surface area contributed by atoms with Gasteiger partial charge in [0, 0.05) is 13.7 Å². The van der Waals surface area contributed by atoms with Gasteiger partial charge in [0.15, 0.2) is 41.4 Å². The minimum Gasteiger partial charge on any atom is -0.386 e. The van der Waals surface area contributed by atoms with Gasteiger partial charge in [-0.25, -0.2) is 24.5 Å². The number of hydrogen-bond donors (Lipinski definition) is 7. The SMILES string of the molecule is CCOC1C(COP(=O)(O)OC2C(O)C(O)OC2n2cnc3c(=O)[nH]c(N)nc32)OC(n2cnc3c(NC)ncnc32)C1O. The molecule has 2 fully saturated rings. The Morgan fingerprint density at radius 1 is 1.05 bits per heavy atom. The molecule has 4 aromatic rings. The number of hydrogen-bond acceptors (Lipinski definition) is 17. The van der Waals surface area contributed by atoms with E-state index in [9.17, 15) is 29.6 Å². The molecule has 9 atom stereocenters. The predicted molar refractivity (Wildman–Crippen MR) is 146 cm³/mol. The van der Waals surface area contributed by atoms with Crippen LogP contribution in [-0.4, -0.2) is 116 Å². The van der Waals surface area contributed by atoms with Crippen molar-refractivity contribution in [3.63, 3.8) is 0 Å². The van der Waals surface area contributed by atoms with E-state index in [1.165, 1.54) is 17.2 Å². The lowest BCUT2D eigenvalue weighted by Gasteiger charge is -2.25. The Kier molecular flexibility index (Phi) is 8.09. The Balaban J connectivity index is 1.20. The number of ether oxygens (including phenoxy) is 3. The quantitative estimate of drug-likeness (QED) is 0.0918. The highest BCUT2D eigenvalue weighted by Gasteiger charge is 2.51. The zero-order valence-corrected chi connectivity index (χ0v) is 24.0. The van der Waals surface area contributed by atoms with E-state index in [1.54, 1.807) is 14.0 Å². The highest BCUT2D eigenvalue weighted by atomic mass is 31.2. The Bertz CT molecular complexity index is 1770. The van der Waals surface area contributed by atoms with Gasteiger partial charge >= 0.3 is 7.82 Å². The summed E-state index contributed by atoms with van der Waals surface area (Å²) in [5.74, 6) is 0.202. The zero-order valence-electron chi connectivity index (χ0n) is 23.1. The highest BCUT2D eigenvalue weighted by molar-refractivity contribution is 7.47. The molecule has 8 N–H and O–H groups in total. The number of phosphoric ester groups is 1. The summed E-state index contributed by atoms with van der Waals surface area (Å²) >= 11 is 0. The molecule has 2 saturated heterocycles. The van der Waals surface area contributed by atoms with Crippen LogP contribution < -0.4 is 16.6 Å². The molecule has 22 heteroatoms. The molecule has 44 heavy (non-hydrogen) atoms. The maximum absolute atomic E-state index is 13.1. The monoisotopic (exact) mass is 640 g/mol. The number of aliphatic hydroxyl groups excluding tert-OH is 3. The molecule has 21 nitrogen and oxygen atoms in total. The van der Waals surface area contributed by atoms with Crippen molar-refractivity contribution < 1.29 is 48.0 Å². The number of fused-ring (bicyclic) bond motifs is 2. The second kappa shape index (κ2) is 11.7. The number of phosphoric acid groups is 1. The lowest BCUT2D eigenvalue weighted by Crippen LogP contribution is -2.37. The van der Waals surface area contributed by atoms with Gasteiger partial charge in [-0.05, 0) is 6.92 Å². The molecule has 4 aromatic heterocycles. The number of nitrogens with zero attached hydrogens (tertiary/aromatic N) is 7. The van der Waals surface area contributed by atoms with Crippen molar-refractivity contribution in [3.8, 4) is 0 Å². The Hall–Kier alpha value is -3.63. The third-order valence-corrected chi connectivity index (χ3v) is 8.09. The molecule has 238 valence electrons. The molecular weight excluding hydrogens is 611 g/mol. The summed E-state index contributed by atoms with van der Waals surface area (Å²) < 4.78 is 43.2. The molecule has 0 aromatic carbocycles. The van der Waals surface area contributed by atoms with Crippen LogP contribution in [0.4, 0.5) is 11.8 Å². The van der Waals surface area contributed by atoms with E-state index in [0.717, 1.165) is 10.9 Å². The number of nitrogens with two attached hydrogens (primary N) is 1. The van der Waals surface area contributed by atoms with Crippen LogP contribution in [0.1, 0.15) is 19.4 Å². The van der Waals surface area contributed by atoms with Crippen LogP contribution in [0.15, 0.2) is 23.8 Å². The summed E-state index contributed by atoms with van der Waals surface area (Å²) in [5.41, 5.74) is 5.49. The molecule has 6 heterocycles. The number of aliphatic hydroxyl groups is 3. The molecule has 6 rings (SSSR count). The predicted octanol–water partition coefficient (Wildman–Crippen LogP) is -2.04. The van der Waals surface area contributed by atoms with Gasteiger partial charge in [0.25, 0.3) is 5.56 Å². The molecule has 0 spiro atoms. The molecule has 0 bridgehead atoms. The van der Waals surface area contributed by atoms with E-state index in [0.29, 0.717) is 17.0 Å². The second-order valence-corrected chi connectivity index (χ2v) is 11.2. The summed E-state index contributed by atoms with van der Waals surface area (Å²) in [6.45, 7) is 1.26. The van der Waals surface area contributed by atoms with E-state index >= 15 is 0 Å². The Labute approximate surface area is 246 Å². The van der Waals surface area contributed by atoms with Crippen molar-refractivity contribution in [3.05, 3.63) is 29.3 Å². The fraction of sp³-hybridized carbons (Fsp3) is 0.545. The number of aromatic nitrogens is 8. The number of nitrogen functional groups attached to an aromatic ring is 1. The number of rotatable bonds is 10. The lowest BCUT2D eigenvalue weighted by atomic mass is 10.1. The minimum atomic E-state index is -5.03. The fourth-order valence-corrected chi connectivity index (χ4v) is 6.09. The normalized spacial score (nSPS) is 30.3. The van der Waals surface area contributed by atoms with E-state index in [1.807, 2.05) is 0 Å². The van der Waals surface area contributed by atoms with Crippen molar-refractivity contribution >= 4 is 41.9 Å². The van der Waals surface area contributed by atoms with Gasteiger partial charge in [-0.2, -0.15) is 4.98 Å². The summed E-state index contributed by atoms with van der Waals surface area (Å²) in [6, 6.07) is 0. The summed E-state index contributed by atoms with van der Waals surface area (Å²) in [5, 5.41) is 34.7. The van der Waals surface area contributed by atoms with Crippen LogP contribution in [-0.2, 0) is 27.8 Å². The van der Waals surface area contributed by atoms with Crippen molar-refractivity contribution in [2.45, 2.75) is 56.2 Å². The van der Waals surface area contributed by atoms with Crippen LogP contribution in [0.5, 0.6) is 0 Å². The molecule has 2 aliphatic rings. The molecule has 2 aliphatic heterocycles. The smallest absolute Gasteiger partial charge is 0.386 e. The number of aromatic amines is 1. The Morgan fingerprint density at radius 3 is 2.50 bits per heavy atom. The second-order valence-electron chi connectivity index (χ2n) is 9.79. The fourth-order valence-electron chi connectivity index (χ4n) is 5.15. The zero-order chi connectivity index (χ0) is 31.3. The van der Waals surface area contributed by atoms with Crippen molar-refractivity contribution in [2.24, 2.45) is 0 Å². The molecule has 0 saturated carbocycles. The standard InChI is InChI=1S/C22H29N10O11P/c1-3-39-13-8(41-19(11(13)33)31-6-27-9-15(24-2)25-5-26-16(9)31)4-40-44(37,38)43-14-12(34)21(36)42-20(14)32-7-28-10-17(32)29-22(23)30-18(10)35/h5-8,11-14,19-21,33-34,36H,3-4H2,1-2H3,(H,37,38)(H,24,25,26)(H3,23,29,30,35). The largest absolute Gasteiger partial charge is 0.472 e. The third kappa shape index (κ3) is 5.32. The van der Waals surface area contributed by atoms with Crippen molar-refractivity contribution in [2.75, 3.05) is 31.3 Å². The first kappa shape index (κ1) is 30.4. The van der Waals surface area contributed by atoms with E-state index in [2.05, 4.69) is 35.2 Å². The third-order valence-electron chi connectivity index (χ3n) is 7.11. The summed E-state index contributed by atoms with van der Waals surface area (Å²) in [6.07, 6.45) is -7.46. The molecule has 9 unspecified atom stereocenters. The van der Waals surface area contributed by atoms with Gasteiger partial charge in [-0.15, -0.1) is 0 Å². The van der Waals surface area contributed by atoms with Crippen molar-refractivity contribution in [1.82, 2.24) is 39.0 Å². The van der Waals surface area contributed by atoms with E-state index < -0.39 is 69.3 Å². The van der Waals surface area contributed by atoms with Crippen LogP contribution in [0.25, 0.3) is 22.3 Å². The minimum absolute atomic E-state index is 0.0992. The first-order valence-corrected chi connectivity index (χ1v) is 14.7. The summed E-state index contributed by atoms with van der Waals surface area (Å²) in [7, 11) is -3.37. The summed E-state index contributed by atoms with van der Waals surface area (Å²) in [4.78, 5) is 45.6. The van der Waals surface area contributed by atoms with Crippen LogP contribution in [0, 0.1) is 0 Å². The topological polar surface area (TPSA) is 289 Å². The first-order valence-electron chi connectivity index (χ1n) is 13.2. The van der Waals surface area contributed by atoms with Crippen LogP contribution >= 0.6 is 7.82 Å². The highest BCUT2D eigenvalue weighted by Crippen LogP contribution is 2.50. The number of imidazole rings is 2. The van der Waals surface area contributed by atoms with Gasteiger partial charge in [-0.1, -0.05) is 0 Å². The van der Waals surface area contributed by atoms with Gasteiger partial charge < -0.3 is 45.5 Å². The molecule has 0 radical (unpaired) electrons. The van der Waals surface area contributed by atoms with Crippen LogP contribution in [0.2, 0.25) is 0 Å². The van der Waals surface area contributed by atoms with Gasteiger partial charge in [-0.3, -0.25) is 28.0 Å². The van der Waals surface area contributed by atoms with E-state index in [-0.39, 0.29) is 23.7 Å². The maximum Gasteiger partial charge on any atom is 0.472 e. The Morgan fingerprint density at radius 2 is 1.77 bits per heavy atom. The molecule has 0 aliphatic carbocycles. The van der Waals surface area contributed by atoms with Gasteiger partial charge in [0.2, 0.25) is 5.95 Å². The van der Waals surface area contributed by atoms with Gasteiger partial charge in [0.05, 0.1) is 19.3 Å². The van der Waals surface area contributed by atoms with Crippen molar-refractivity contribution in [1.29, 1.82) is 0 Å². The average Bonchev–Trinajstić information content (AvgIpc) is 3.74. The average molecular weight is 641 g/mol. The first-order chi connectivity index (χ1) is 21.0. The number of H-pyrrole nitrogens is 1. The number of anilines is 2. The van der Waals surface area contributed by atoms with Crippen LogP contribution in [0.3, 0.4) is 0 Å². The maximum atomic E-state index is 13.1. The lowest BCUT2D eigenvalue weighted by molar-refractivity contribution is -0.141. The molecular formula is C22H29N10O11P. The van der Waals surface area contributed by atoms with E-state index in [4.69, 9.17) is 29.0 Å². The number of nitrogens with one attached hydrogen (secondary N) is 2.